The third-order valence-electron chi connectivity index (χ3n) is 4.32. The van der Waals surface area contributed by atoms with Crippen LogP contribution in [0.1, 0.15) is 40.7 Å². The number of hydrogen-bond acceptors (Lipinski definition) is 4. The largest absolute Gasteiger partial charge is 0.497 e. The number of fused-ring (bicyclic) bond motifs is 1. The van der Waals surface area contributed by atoms with Crippen LogP contribution in [0.2, 0.25) is 0 Å². The molecule has 1 aromatic carbocycles. The lowest BCUT2D eigenvalue weighted by Gasteiger charge is -2.26. The summed E-state index contributed by atoms with van der Waals surface area (Å²) in [5.41, 5.74) is 2.00. The summed E-state index contributed by atoms with van der Waals surface area (Å²) in [4.78, 5) is 25.1. The van der Waals surface area contributed by atoms with E-state index in [2.05, 4.69) is 19.2 Å². The maximum absolute atomic E-state index is 12.1. The second kappa shape index (κ2) is 6.28. The SMILES string of the molecule is COc1ccc(-c2c(C(=O)O)sc3c2NC(=O)C[C@H]3C(C)C)cc1. The molecule has 0 saturated carbocycles. The monoisotopic (exact) mass is 345 g/mol. The molecule has 0 fully saturated rings. The Morgan fingerprint density at radius 3 is 2.54 bits per heavy atom. The Morgan fingerprint density at radius 2 is 2.00 bits per heavy atom. The third-order valence-corrected chi connectivity index (χ3v) is 5.63. The second-order valence-electron chi connectivity index (χ2n) is 6.18. The normalized spacial score (nSPS) is 16.7. The van der Waals surface area contributed by atoms with E-state index in [9.17, 15) is 14.7 Å². The van der Waals surface area contributed by atoms with Crippen molar-refractivity contribution in [2.45, 2.75) is 26.2 Å². The van der Waals surface area contributed by atoms with Crippen LogP contribution in [0.25, 0.3) is 11.1 Å². The van der Waals surface area contributed by atoms with E-state index in [1.807, 2.05) is 12.1 Å². The van der Waals surface area contributed by atoms with Gasteiger partial charge in [-0.15, -0.1) is 11.3 Å². The van der Waals surface area contributed by atoms with Gasteiger partial charge in [-0.25, -0.2) is 4.79 Å². The zero-order valence-corrected chi connectivity index (χ0v) is 14.6. The van der Waals surface area contributed by atoms with Crippen LogP contribution in [-0.2, 0) is 4.79 Å². The van der Waals surface area contributed by atoms with Crippen LogP contribution in [-0.4, -0.2) is 24.1 Å². The first-order chi connectivity index (χ1) is 11.4. The molecule has 1 aromatic heterocycles. The average Bonchev–Trinajstić information content (AvgIpc) is 2.93. The highest BCUT2D eigenvalue weighted by Crippen LogP contribution is 2.49. The van der Waals surface area contributed by atoms with Gasteiger partial charge >= 0.3 is 5.97 Å². The molecule has 0 aliphatic carbocycles. The minimum Gasteiger partial charge on any atom is -0.497 e. The molecule has 0 unspecified atom stereocenters. The Labute approximate surface area is 144 Å². The fourth-order valence-electron chi connectivity index (χ4n) is 3.04. The topological polar surface area (TPSA) is 75.6 Å². The van der Waals surface area contributed by atoms with Gasteiger partial charge in [0.25, 0.3) is 0 Å². The number of hydrogen-bond donors (Lipinski definition) is 2. The van der Waals surface area contributed by atoms with Gasteiger partial charge in [0.1, 0.15) is 10.6 Å². The van der Waals surface area contributed by atoms with Gasteiger partial charge in [-0.3, -0.25) is 4.79 Å². The summed E-state index contributed by atoms with van der Waals surface area (Å²) in [5, 5.41) is 12.5. The van der Waals surface area contributed by atoms with Crippen LogP contribution in [0.4, 0.5) is 5.69 Å². The number of carboxylic acids is 1. The summed E-state index contributed by atoms with van der Waals surface area (Å²) in [6, 6.07) is 7.21. The molecule has 5 nitrogen and oxygen atoms in total. The van der Waals surface area contributed by atoms with Gasteiger partial charge in [-0.2, -0.15) is 0 Å². The van der Waals surface area contributed by atoms with Crippen molar-refractivity contribution in [2.24, 2.45) is 5.92 Å². The van der Waals surface area contributed by atoms with Crippen molar-refractivity contribution in [2.75, 3.05) is 12.4 Å². The lowest BCUT2D eigenvalue weighted by Crippen LogP contribution is -2.24. The first kappa shape index (κ1) is 16.5. The number of carboxylic acid groups (broad SMARTS) is 1. The molecule has 0 spiro atoms. The molecule has 2 heterocycles. The molecule has 0 radical (unpaired) electrons. The standard InChI is InChI=1S/C18H19NO4S/c1-9(2)12-8-13(20)19-15-14(17(18(21)22)24-16(12)15)10-4-6-11(23-3)7-5-10/h4-7,9,12H,8H2,1-3H3,(H,19,20)(H,21,22)/t12-/m0/s1. The zero-order valence-electron chi connectivity index (χ0n) is 13.8. The van der Waals surface area contributed by atoms with Gasteiger partial charge in [0, 0.05) is 22.8 Å². The van der Waals surface area contributed by atoms with E-state index in [0.29, 0.717) is 23.4 Å². The number of carbonyl (C=O) groups excluding carboxylic acids is 1. The molecule has 2 aromatic rings. The van der Waals surface area contributed by atoms with E-state index in [1.54, 1.807) is 19.2 Å². The van der Waals surface area contributed by atoms with Gasteiger partial charge in [-0.05, 0) is 23.6 Å². The van der Waals surface area contributed by atoms with Crippen LogP contribution in [0.5, 0.6) is 5.75 Å². The fraction of sp³-hybridized carbons (Fsp3) is 0.333. The van der Waals surface area contributed by atoms with Crippen molar-refractivity contribution in [1.82, 2.24) is 0 Å². The molecular weight excluding hydrogens is 326 g/mol. The number of benzene rings is 1. The number of anilines is 1. The van der Waals surface area contributed by atoms with E-state index >= 15 is 0 Å². The van der Waals surface area contributed by atoms with Gasteiger partial charge in [0.05, 0.1) is 12.8 Å². The summed E-state index contributed by atoms with van der Waals surface area (Å²) < 4.78 is 5.16. The highest BCUT2D eigenvalue weighted by atomic mass is 32.1. The molecule has 2 N–H and O–H groups in total. The van der Waals surface area contributed by atoms with E-state index in [-0.39, 0.29) is 22.6 Å². The average molecular weight is 345 g/mol. The van der Waals surface area contributed by atoms with Gasteiger partial charge in [0.2, 0.25) is 5.91 Å². The van der Waals surface area contributed by atoms with E-state index < -0.39 is 5.97 Å². The molecule has 3 rings (SSSR count). The summed E-state index contributed by atoms with van der Waals surface area (Å²) in [6.45, 7) is 4.11. The van der Waals surface area contributed by atoms with Crippen LogP contribution in [0.3, 0.4) is 0 Å². The number of rotatable bonds is 4. The summed E-state index contributed by atoms with van der Waals surface area (Å²) in [7, 11) is 1.58. The molecule has 6 heteroatoms. The van der Waals surface area contributed by atoms with Gasteiger partial charge in [0.15, 0.2) is 0 Å². The van der Waals surface area contributed by atoms with Crippen molar-refractivity contribution < 1.29 is 19.4 Å². The molecular formula is C18H19NO4S. The minimum atomic E-state index is -0.975. The summed E-state index contributed by atoms with van der Waals surface area (Å²) in [6.07, 6.45) is 0.395. The van der Waals surface area contributed by atoms with Gasteiger partial charge < -0.3 is 15.2 Å². The van der Waals surface area contributed by atoms with Crippen molar-refractivity contribution in [3.8, 4) is 16.9 Å². The Morgan fingerprint density at radius 1 is 1.33 bits per heavy atom. The molecule has 0 bridgehead atoms. The number of ether oxygens (including phenoxy) is 1. The highest BCUT2D eigenvalue weighted by Gasteiger charge is 2.34. The first-order valence-electron chi connectivity index (χ1n) is 7.76. The lowest BCUT2D eigenvalue weighted by molar-refractivity contribution is -0.117. The van der Waals surface area contributed by atoms with Crippen LogP contribution in [0.15, 0.2) is 24.3 Å². The minimum absolute atomic E-state index is 0.0452. The van der Waals surface area contributed by atoms with Crippen LogP contribution in [0, 0.1) is 5.92 Å². The molecule has 1 amide bonds. The molecule has 126 valence electrons. The van der Waals surface area contributed by atoms with E-state index in [4.69, 9.17) is 4.74 Å². The third kappa shape index (κ3) is 2.78. The van der Waals surface area contributed by atoms with Crippen molar-refractivity contribution in [1.29, 1.82) is 0 Å². The maximum atomic E-state index is 12.1. The smallest absolute Gasteiger partial charge is 0.346 e. The van der Waals surface area contributed by atoms with Crippen LogP contribution < -0.4 is 10.1 Å². The quantitative estimate of drug-likeness (QED) is 0.870. The Kier molecular flexibility index (Phi) is 4.32. The van der Waals surface area contributed by atoms with Crippen LogP contribution >= 0.6 is 11.3 Å². The number of aromatic carboxylic acids is 1. The number of carbonyl (C=O) groups is 2. The van der Waals surface area contributed by atoms with Crippen molar-refractivity contribution in [3.05, 3.63) is 34.0 Å². The predicted molar refractivity (Wildman–Crippen MR) is 94.1 cm³/mol. The number of amides is 1. The molecule has 24 heavy (non-hydrogen) atoms. The lowest BCUT2D eigenvalue weighted by atomic mass is 9.86. The Balaban J connectivity index is 2.20. The summed E-state index contributed by atoms with van der Waals surface area (Å²) >= 11 is 1.27. The zero-order chi connectivity index (χ0) is 17.4. The number of methoxy groups -OCH3 is 1. The van der Waals surface area contributed by atoms with E-state index in [1.165, 1.54) is 11.3 Å². The second-order valence-corrected chi connectivity index (χ2v) is 7.23. The molecule has 1 aliphatic heterocycles. The summed E-state index contributed by atoms with van der Waals surface area (Å²) in [5.74, 6) is -0.0332. The maximum Gasteiger partial charge on any atom is 0.346 e. The first-order valence-corrected chi connectivity index (χ1v) is 8.58. The van der Waals surface area contributed by atoms with Gasteiger partial charge in [-0.1, -0.05) is 26.0 Å². The van der Waals surface area contributed by atoms with Crippen molar-refractivity contribution in [3.63, 3.8) is 0 Å². The Hall–Kier alpha value is -2.34. The fourth-order valence-corrected chi connectivity index (χ4v) is 4.43. The molecule has 1 aliphatic rings. The molecule has 1 atom stereocenters. The predicted octanol–water partition coefficient (Wildman–Crippen LogP) is 4.20. The number of thiophene rings is 1. The highest BCUT2D eigenvalue weighted by molar-refractivity contribution is 7.15. The van der Waals surface area contributed by atoms with E-state index in [0.717, 1.165) is 10.4 Å². The Bertz CT molecular complexity index is 792. The molecule has 0 saturated heterocycles. The van der Waals surface area contributed by atoms with Crippen molar-refractivity contribution >= 4 is 28.9 Å². The number of nitrogens with one attached hydrogen (secondary N) is 1.